The minimum absolute atomic E-state index is 0.00317. The Bertz CT molecular complexity index is 472. The first-order valence-corrected chi connectivity index (χ1v) is 6.24. The SMILES string of the molecule is C[C@@H]1CNC[C@H]1C(=O)Nc1ccc(NC(N)=O)cc1. The largest absolute Gasteiger partial charge is 0.351 e. The summed E-state index contributed by atoms with van der Waals surface area (Å²) in [7, 11) is 0. The lowest BCUT2D eigenvalue weighted by Crippen LogP contribution is -2.27. The highest BCUT2D eigenvalue weighted by Crippen LogP contribution is 2.19. The van der Waals surface area contributed by atoms with E-state index in [4.69, 9.17) is 5.73 Å². The van der Waals surface area contributed by atoms with Gasteiger partial charge in [-0.2, -0.15) is 0 Å². The number of benzene rings is 1. The number of carbonyl (C=O) groups is 2. The summed E-state index contributed by atoms with van der Waals surface area (Å²) in [5.74, 6) is 0.368. The van der Waals surface area contributed by atoms with Gasteiger partial charge in [-0.05, 0) is 36.7 Å². The lowest BCUT2D eigenvalue weighted by molar-refractivity contribution is -0.120. The number of amides is 3. The van der Waals surface area contributed by atoms with E-state index in [2.05, 4.69) is 22.9 Å². The van der Waals surface area contributed by atoms with Gasteiger partial charge in [0.25, 0.3) is 0 Å². The van der Waals surface area contributed by atoms with Crippen molar-refractivity contribution in [3.8, 4) is 0 Å². The van der Waals surface area contributed by atoms with E-state index in [1.165, 1.54) is 0 Å². The van der Waals surface area contributed by atoms with Crippen LogP contribution < -0.4 is 21.7 Å². The number of urea groups is 1. The summed E-state index contributed by atoms with van der Waals surface area (Å²) in [6, 6.07) is 6.24. The number of anilines is 2. The van der Waals surface area contributed by atoms with Crippen LogP contribution in [0, 0.1) is 11.8 Å². The molecule has 1 aromatic carbocycles. The number of rotatable bonds is 3. The number of nitrogens with one attached hydrogen (secondary N) is 3. The third kappa shape index (κ3) is 3.45. The van der Waals surface area contributed by atoms with E-state index in [-0.39, 0.29) is 11.8 Å². The molecule has 6 heteroatoms. The smallest absolute Gasteiger partial charge is 0.316 e. The van der Waals surface area contributed by atoms with Gasteiger partial charge in [-0.1, -0.05) is 6.92 Å². The lowest BCUT2D eigenvalue weighted by Gasteiger charge is -2.14. The van der Waals surface area contributed by atoms with Gasteiger partial charge >= 0.3 is 6.03 Å². The van der Waals surface area contributed by atoms with Crippen molar-refractivity contribution in [3.63, 3.8) is 0 Å². The molecule has 1 fully saturated rings. The Morgan fingerprint density at radius 1 is 1.16 bits per heavy atom. The second-order valence-corrected chi connectivity index (χ2v) is 4.80. The summed E-state index contributed by atoms with van der Waals surface area (Å²) in [5, 5.41) is 8.53. The van der Waals surface area contributed by atoms with Crippen LogP contribution in [-0.2, 0) is 4.79 Å². The molecular formula is C13H18N4O2. The van der Waals surface area contributed by atoms with Crippen molar-refractivity contribution >= 4 is 23.3 Å². The molecule has 1 aromatic rings. The van der Waals surface area contributed by atoms with Crippen molar-refractivity contribution in [2.45, 2.75) is 6.92 Å². The number of nitrogens with two attached hydrogens (primary N) is 1. The minimum atomic E-state index is -0.609. The van der Waals surface area contributed by atoms with Crippen LogP contribution >= 0.6 is 0 Å². The van der Waals surface area contributed by atoms with E-state index in [0.717, 1.165) is 6.54 Å². The lowest BCUT2D eigenvalue weighted by atomic mass is 9.97. The van der Waals surface area contributed by atoms with Crippen LogP contribution in [0.2, 0.25) is 0 Å². The highest BCUT2D eigenvalue weighted by atomic mass is 16.2. The molecule has 1 heterocycles. The van der Waals surface area contributed by atoms with Gasteiger partial charge in [0.15, 0.2) is 0 Å². The molecule has 0 unspecified atom stereocenters. The maximum atomic E-state index is 12.0. The molecule has 102 valence electrons. The Labute approximate surface area is 111 Å². The zero-order valence-corrected chi connectivity index (χ0v) is 10.8. The summed E-state index contributed by atoms with van der Waals surface area (Å²) in [6.07, 6.45) is 0. The first-order valence-electron chi connectivity index (χ1n) is 6.24. The quantitative estimate of drug-likeness (QED) is 0.653. The highest BCUT2D eigenvalue weighted by Gasteiger charge is 2.29. The number of hydrogen-bond donors (Lipinski definition) is 4. The first-order chi connectivity index (χ1) is 9.06. The molecular weight excluding hydrogens is 244 g/mol. The van der Waals surface area contributed by atoms with Gasteiger partial charge in [-0.25, -0.2) is 4.79 Å². The molecule has 2 rings (SSSR count). The fourth-order valence-electron chi connectivity index (χ4n) is 2.18. The van der Waals surface area contributed by atoms with E-state index in [9.17, 15) is 9.59 Å². The molecule has 0 radical (unpaired) electrons. The molecule has 0 saturated carbocycles. The van der Waals surface area contributed by atoms with Crippen LogP contribution in [0.1, 0.15) is 6.92 Å². The highest BCUT2D eigenvalue weighted by molar-refractivity contribution is 5.93. The van der Waals surface area contributed by atoms with Crippen LogP contribution in [0.5, 0.6) is 0 Å². The van der Waals surface area contributed by atoms with Gasteiger partial charge < -0.3 is 21.7 Å². The Kier molecular flexibility index (Phi) is 4.01. The Morgan fingerprint density at radius 2 is 1.74 bits per heavy atom. The van der Waals surface area contributed by atoms with Crippen LogP contribution in [-0.4, -0.2) is 25.0 Å². The van der Waals surface area contributed by atoms with Gasteiger partial charge in [-0.15, -0.1) is 0 Å². The average molecular weight is 262 g/mol. The van der Waals surface area contributed by atoms with Crippen molar-refractivity contribution in [3.05, 3.63) is 24.3 Å². The fraction of sp³-hybridized carbons (Fsp3) is 0.385. The van der Waals surface area contributed by atoms with Crippen molar-refractivity contribution in [2.75, 3.05) is 23.7 Å². The van der Waals surface area contributed by atoms with Crippen LogP contribution in [0.15, 0.2) is 24.3 Å². The molecule has 1 aliphatic rings. The van der Waals surface area contributed by atoms with Crippen LogP contribution in [0.4, 0.5) is 16.2 Å². The number of carbonyl (C=O) groups excluding carboxylic acids is 2. The second kappa shape index (κ2) is 5.71. The molecule has 3 amide bonds. The molecule has 0 spiro atoms. The van der Waals surface area contributed by atoms with Crippen LogP contribution in [0.25, 0.3) is 0 Å². The standard InChI is InChI=1S/C13H18N4O2/c1-8-6-15-7-11(8)12(18)16-9-2-4-10(5-3-9)17-13(14)19/h2-5,8,11,15H,6-7H2,1H3,(H,16,18)(H3,14,17,19)/t8-,11-/m1/s1. The van der Waals surface area contributed by atoms with Gasteiger partial charge in [0.05, 0.1) is 5.92 Å². The summed E-state index contributed by atoms with van der Waals surface area (Å²) in [4.78, 5) is 22.7. The molecule has 2 atom stereocenters. The monoisotopic (exact) mass is 262 g/mol. The van der Waals surface area contributed by atoms with E-state index in [1.54, 1.807) is 24.3 Å². The third-order valence-electron chi connectivity index (χ3n) is 3.27. The first kappa shape index (κ1) is 13.4. The van der Waals surface area contributed by atoms with E-state index in [0.29, 0.717) is 23.8 Å². The van der Waals surface area contributed by atoms with Gasteiger partial charge in [0, 0.05) is 17.9 Å². The summed E-state index contributed by atoms with van der Waals surface area (Å²) >= 11 is 0. The third-order valence-corrected chi connectivity index (χ3v) is 3.27. The maximum absolute atomic E-state index is 12.0. The molecule has 0 aromatic heterocycles. The molecule has 5 N–H and O–H groups in total. The predicted octanol–water partition coefficient (Wildman–Crippen LogP) is 0.971. The van der Waals surface area contributed by atoms with Gasteiger partial charge in [0.1, 0.15) is 0 Å². The molecule has 19 heavy (non-hydrogen) atoms. The molecule has 1 aliphatic heterocycles. The maximum Gasteiger partial charge on any atom is 0.316 e. The Balaban J connectivity index is 1.95. The van der Waals surface area contributed by atoms with Gasteiger partial charge in [0.2, 0.25) is 5.91 Å². The van der Waals surface area contributed by atoms with Crippen LogP contribution in [0.3, 0.4) is 0 Å². The number of primary amides is 1. The predicted molar refractivity (Wildman–Crippen MR) is 73.8 cm³/mol. The van der Waals surface area contributed by atoms with Crippen molar-refractivity contribution in [2.24, 2.45) is 17.6 Å². The zero-order valence-electron chi connectivity index (χ0n) is 10.8. The molecule has 6 nitrogen and oxygen atoms in total. The van der Waals surface area contributed by atoms with E-state index < -0.39 is 6.03 Å². The second-order valence-electron chi connectivity index (χ2n) is 4.80. The van der Waals surface area contributed by atoms with E-state index in [1.807, 2.05) is 0 Å². The van der Waals surface area contributed by atoms with Crippen molar-refractivity contribution in [1.82, 2.24) is 5.32 Å². The van der Waals surface area contributed by atoms with E-state index >= 15 is 0 Å². The van der Waals surface area contributed by atoms with Crippen molar-refractivity contribution in [1.29, 1.82) is 0 Å². The van der Waals surface area contributed by atoms with Gasteiger partial charge in [-0.3, -0.25) is 4.79 Å². The molecule has 1 saturated heterocycles. The molecule has 0 aliphatic carbocycles. The minimum Gasteiger partial charge on any atom is -0.351 e. The summed E-state index contributed by atoms with van der Waals surface area (Å²) < 4.78 is 0. The Morgan fingerprint density at radius 3 is 2.21 bits per heavy atom. The fourth-order valence-corrected chi connectivity index (χ4v) is 2.18. The number of hydrogen-bond acceptors (Lipinski definition) is 3. The zero-order chi connectivity index (χ0) is 13.8. The summed E-state index contributed by atoms with van der Waals surface area (Å²) in [5.41, 5.74) is 6.32. The van der Waals surface area contributed by atoms with Crippen molar-refractivity contribution < 1.29 is 9.59 Å². The average Bonchev–Trinajstić information content (AvgIpc) is 2.77. The normalized spacial score (nSPS) is 21.9. The summed E-state index contributed by atoms with van der Waals surface area (Å²) in [6.45, 7) is 3.65. The Hall–Kier alpha value is -2.08. The topological polar surface area (TPSA) is 96.2 Å². The molecule has 0 bridgehead atoms.